The van der Waals surface area contributed by atoms with Gasteiger partial charge in [0.25, 0.3) is 0 Å². The van der Waals surface area contributed by atoms with E-state index >= 15 is 0 Å². The van der Waals surface area contributed by atoms with Crippen molar-refractivity contribution in [1.29, 1.82) is 0 Å². The van der Waals surface area contributed by atoms with Gasteiger partial charge in [-0.15, -0.1) is 0 Å². The van der Waals surface area contributed by atoms with Crippen LogP contribution in [0, 0.1) is 0 Å². The second-order valence-electron chi connectivity index (χ2n) is 6.54. The smallest absolute Gasteiger partial charge is 0.319 e. The Hall–Kier alpha value is -1.64. The van der Waals surface area contributed by atoms with Crippen molar-refractivity contribution in [2.75, 3.05) is 63.9 Å². The topological polar surface area (TPSA) is 72.1 Å². The molecule has 2 saturated heterocycles. The molecule has 8 heteroatoms. The first kappa shape index (κ1) is 19.1. The summed E-state index contributed by atoms with van der Waals surface area (Å²) in [6, 6.07) is 5.09. The molecule has 144 valence electrons. The number of benzene rings is 1. The molecule has 3 rings (SSSR count). The zero-order valence-corrected chi connectivity index (χ0v) is 16.2. The van der Waals surface area contributed by atoms with Crippen LogP contribution in [0.1, 0.15) is 6.42 Å². The summed E-state index contributed by atoms with van der Waals surface area (Å²) in [7, 11) is 3.17. The summed E-state index contributed by atoms with van der Waals surface area (Å²) >= 11 is 1.95. The van der Waals surface area contributed by atoms with E-state index in [4.69, 9.17) is 14.2 Å². The van der Waals surface area contributed by atoms with E-state index in [2.05, 4.69) is 15.5 Å². The Labute approximate surface area is 158 Å². The van der Waals surface area contributed by atoms with Crippen LogP contribution < -0.4 is 20.1 Å². The quantitative estimate of drug-likeness (QED) is 0.786. The first-order valence-electron chi connectivity index (χ1n) is 8.84. The Kier molecular flexibility index (Phi) is 6.50. The fourth-order valence-corrected chi connectivity index (χ4v) is 4.91. The second-order valence-corrected chi connectivity index (χ2v) is 7.64. The lowest BCUT2D eigenvalue weighted by molar-refractivity contribution is -0.0123. The first-order valence-corrected chi connectivity index (χ1v) is 9.99. The van der Waals surface area contributed by atoms with Crippen LogP contribution in [0.25, 0.3) is 0 Å². The minimum atomic E-state index is -0.218. The molecule has 0 saturated carbocycles. The molecule has 2 fully saturated rings. The molecule has 2 heterocycles. The van der Waals surface area contributed by atoms with E-state index in [9.17, 15) is 4.79 Å². The number of hydrogen-bond donors (Lipinski definition) is 2. The van der Waals surface area contributed by atoms with Gasteiger partial charge in [-0.05, 0) is 12.2 Å². The van der Waals surface area contributed by atoms with Gasteiger partial charge in [0.15, 0.2) is 0 Å². The normalized spacial score (nSPS) is 23.5. The van der Waals surface area contributed by atoms with E-state index in [1.165, 1.54) is 0 Å². The highest BCUT2D eigenvalue weighted by atomic mass is 32.2. The number of nitrogens with zero attached hydrogens (tertiary/aromatic N) is 1. The number of anilines is 1. The lowest BCUT2D eigenvalue weighted by atomic mass is 9.95. The summed E-state index contributed by atoms with van der Waals surface area (Å²) < 4.78 is 16.0. The predicted molar refractivity (Wildman–Crippen MR) is 104 cm³/mol. The van der Waals surface area contributed by atoms with Crippen molar-refractivity contribution in [2.24, 2.45) is 0 Å². The highest BCUT2D eigenvalue weighted by molar-refractivity contribution is 7.99. The van der Waals surface area contributed by atoms with E-state index in [1.807, 2.05) is 11.8 Å². The average Bonchev–Trinajstić information content (AvgIpc) is 3.17. The highest BCUT2D eigenvalue weighted by Gasteiger charge is 2.40. The summed E-state index contributed by atoms with van der Waals surface area (Å²) in [5.41, 5.74) is 0.664. The fraction of sp³-hybridized carbons (Fsp3) is 0.611. The van der Waals surface area contributed by atoms with E-state index in [0.717, 1.165) is 44.2 Å². The molecule has 2 aliphatic heterocycles. The van der Waals surface area contributed by atoms with Crippen molar-refractivity contribution < 1.29 is 19.0 Å². The summed E-state index contributed by atoms with van der Waals surface area (Å²) in [6.07, 6.45) is 1.09. The van der Waals surface area contributed by atoms with Crippen molar-refractivity contribution in [3.8, 4) is 11.5 Å². The molecule has 0 aliphatic carbocycles. The van der Waals surface area contributed by atoms with Crippen molar-refractivity contribution in [3.63, 3.8) is 0 Å². The number of rotatable bonds is 6. The molecule has 0 aromatic heterocycles. The van der Waals surface area contributed by atoms with Crippen LogP contribution in [0.3, 0.4) is 0 Å². The molecular weight excluding hydrogens is 354 g/mol. The van der Waals surface area contributed by atoms with Gasteiger partial charge in [-0.1, -0.05) is 0 Å². The van der Waals surface area contributed by atoms with Gasteiger partial charge in [0.1, 0.15) is 11.5 Å². The molecule has 2 aliphatic rings. The lowest BCUT2D eigenvalue weighted by Gasteiger charge is -2.43. The fourth-order valence-electron chi connectivity index (χ4n) is 3.43. The molecule has 0 bridgehead atoms. The van der Waals surface area contributed by atoms with Crippen LogP contribution in [0.5, 0.6) is 11.5 Å². The van der Waals surface area contributed by atoms with Gasteiger partial charge >= 0.3 is 6.03 Å². The van der Waals surface area contributed by atoms with Gasteiger partial charge in [-0.25, -0.2) is 4.79 Å². The van der Waals surface area contributed by atoms with Crippen LogP contribution in [0.4, 0.5) is 10.5 Å². The minimum Gasteiger partial charge on any atom is -0.497 e. The van der Waals surface area contributed by atoms with Gasteiger partial charge in [0, 0.05) is 54.8 Å². The molecule has 0 radical (unpaired) electrons. The Bertz CT molecular complexity index is 594. The summed E-state index contributed by atoms with van der Waals surface area (Å²) in [5.74, 6) is 3.45. The number of thioether (sulfide) groups is 1. The highest BCUT2D eigenvalue weighted by Crippen LogP contribution is 2.33. The van der Waals surface area contributed by atoms with Crippen molar-refractivity contribution in [3.05, 3.63) is 18.2 Å². The van der Waals surface area contributed by atoms with Crippen molar-refractivity contribution in [1.82, 2.24) is 10.2 Å². The number of urea groups is 1. The van der Waals surface area contributed by atoms with E-state index < -0.39 is 0 Å². The Morgan fingerprint density at radius 1 is 1.23 bits per heavy atom. The predicted octanol–water partition coefficient (Wildman–Crippen LogP) is 2.03. The number of methoxy groups -OCH3 is 2. The third-order valence-electron chi connectivity index (χ3n) is 4.95. The molecule has 2 N–H and O–H groups in total. The van der Waals surface area contributed by atoms with Gasteiger partial charge in [-0.2, -0.15) is 11.8 Å². The van der Waals surface area contributed by atoms with Gasteiger partial charge in [-0.3, -0.25) is 4.90 Å². The lowest BCUT2D eigenvalue weighted by Crippen LogP contribution is -2.59. The second kappa shape index (κ2) is 8.83. The standard InChI is InChI=1S/C18H27N3O4S/c1-23-15-9-14(10-16(11-15)24-2)20-17(22)19-12-18(3-8-26-13-18)21-4-6-25-7-5-21/h9-11H,3-8,12-13H2,1-2H3,(H2,19,20,22). The molecule has 26 heavy (non-hydrogen) atoms. The van der Waals surface area contributed by atoms with Crippen LogP contribution >= 0.6 is 11.8 Å². The number of hydrogen-bond acceptors (Lipinski definition) is 6. The maximum absolute atomic E-state index is 12.4. The van der Waals surface area contributed by atoms with Gasteiger partial charge in [0.05, 0.1) is 27.4 Å². The van der Waals surface area contributed by atoms with Crippen molar-refractivity contribution in [2.45, 2.75) is 12.0 Å². The molecular formula is C18H27N3O4S. The van der Waals surface area contributed by atoms with Crippen LogP contribution in [-0.2, 0) is 4.74 Å². The van der Waals surface area contributed by atoms with E-state index in [0.29, 0.717) is 23.7 Å². The maximum atomic E-state index is 12.4. The van der Waals surface area contributed by atoms with Gasteiger partial charge in [0.2, 0.25) is 0 Å². The molecule has 7 nitrogen and oxygen atoms in total. The van der Waals surface area contributed by atoms with E-state index in [-0.39, 0.29) is 11.6 Å². The third kappa shape index (κ3) is 4.55. The van der Waals surface area contributed by atoms with Crippen LogP contribution in [-0.4, -0.2) is 75.0 Å². The Morgan fingerprint density at radius 3 is 2.50 bits per heavy atom. The largest absolute Gasteiger partial charge is 0.497 e. The van der Waals surface area contributed by atoms with Crippen LogP contribution in [0.2, 0.25) is 0 Å². The number of amides is 2. The molecule has 2 amide bonds. The van der Waals surface area contributed by atoms with Gasteiger partial charge < -0.3 is 24.8 Å². The molecule has 1 atom stereocenters. The minimum absolute atomic E-state index is 0.0256. The zero-order valence-electron chi connectivity index (χ0n) is 15.4. The number of nitrogens with one attached hydrogen (secondary N) is 2. The summed E-state index contributed by atoms with van der Waals surface area (Å²) in [5, 5.41) is 5.93. The molecule has 1 aromatic rings. The summed E-state index contributed by atoms with van der Waals surface area (Å²) in [6.45, 7) is 4.02. The first-order chi connectivity index (χ1) is 12.6. The monoisotopic (exact) mass is 381 g/mol. The third-order valence-corrected chi connectivity index (χ3v) is 6.19. The Balaban J connectivity index is 1.60. The molecule has 1 unspecified atom stereocenters. The number of ether oxygens (including phenoxy) is 3. The van der Waals surface area contributed by atoms with Crippen molar-refractivity contribution >= 4 is 23.5 Å². The van der Waals surface area contributed by atoms with Crippen LogP contribution in [0.15, 0.2) is 18.2 Å². The number of carbonyl (C=O) groups is 1. The SMILES string of the molecule is COc1cc(NC(=O)NCC2(N3CCOCC3)CCSC2)cc(OC)c1. The number of morpholine rings is 1. The summed E-state index contributed by atoms with van der Waals surface area (Å²) in [4.78, 5) is 14.9. The van der Waals surface area contributed by atoms with E-state index in [1.54, 1.807) is 32.4 Å². The number of carbonyl (C=O) groups excluding carboxylic acids is 1. The maximum Gasteiger partial charge on any atom is 0.319 e. The average molecular weight is 381 g/mol. The molecule has 1 aromatic carbocycles. The Morgan fingerprint density at radius 2 is 1.92 bits per heavy atom. The molecule has 0 spiro atoms. The zero-order chi connectivity index (χ0) is 18.4.